The van der Waals surface area contributed by atoms with E-state index in [9.17, 15) is 13.2 Å². The molecule has 1 amide bonds. The van der Waals surface area contributed by atoms with Crippen molar-refractivity contribution in [3.8, 4) is 11.5 Å². The van der Waals surface area contributed by atoms with Crippen LogP contribution in [-0.4, -0.2) is 39.8 Å². The number of rotatable bonds is 10. The summed E-state index contributed by atoms with van der Waals surface area (Å²) >= 11 is 0. The SMILES string of the molecule is CC(=O)NCCOc1ccc(NS(=O)(=O)CCOc2ccccc2)cc1. The van der Waals surface area contributed by atoms with E-state index in [1.54, 1.807) is 36.4 Å². The van der Waals surface area contributed by atoms with E-state index >= 15 is 0 Å². The molecule has 0 heterocycles. The van der Waals surface area contributed by atoms with Crippen molar-refractivity contribution >= 4 is 21.6 Å². The van der Waals surface area contributed by atoms with Crippen LogP contribution in [0, 0.1) is 0 Å². The molecule has 2 rings (SSSR count). The Kier molecular flexibility index (Phi) is 7.28. The quantitative estimate of drug-likeness (QED) is 0.617. The molecule has 26 heavy (non-hydrogen) atoms. The Labute approximate surface area is 153 Å². The number of amides is 1. The minimum absolute atomic E-state index is 0.0592. The Morgan fingerprint density at radius 1 is 0.923 bits per heavy atom. The van der Waals surface area contributed by atoms with Gasteiger partial charge < -0.3 is 14.8 Å². The third kappa shape index (κ3) is 7.43. The molecule has 140 valence electrons. The second-order valence-corrected chi connectivity index (χ2v) is 7.28. The van der Waals surface area contributed by atoms with Crippen LogP contribution in [0.15, 0.2) is 54.6 Å². The largest absolute Gasteiger partial charge is 0.492 e. The fourth-order valence-corrected chi connectivity index (χ4v) is 2.93. The molecule has 2 aromatic rings. The standard InChI is InChI=1S/C18H22N2O5S/c1-15(21)19-11-12-24-18-9-7-16(8-10-18)20-26(22,23)14-13-25-17-5-3-2-4-6-17/h2-10,20H,11-14H2,1H3,(H,19,21). The van der Waals surface area contributed by atoms with Crippen LogP contribution < -0.4 is 19.5 Å². The van der Waals surface area contributed by atoms with Gasteiger partial charge in [0.15, 0.2) is 0 Å². The van der Waals surface area contributed by atoms with Crippen LogP contribution in [0.3, 0.4) is 0 Å². The maximum Gasteiger partial charge on any atom is 0.236 e. The molecule has 0 unspecified atom stereocenters. The van der Waals surface area contributed by atoms with E-state index in [0.717, 1.165) is 0 Å². The van der Waals surface area contributed by atoms with Crippen LogP contribution >= 0.6 is 0 Å². The predicted octanol–water partition coefficient (Wildman–Crippen LogP) is 2.02. The number of carbonyl (C=O) groups excluding carboxylic acids is 1. The van der Waals surface area contributed by atoms with Gasteiger partial charge in [-0.1, -0.05) is 18.2 Å². The normalized spacial score (nSPS) is 10.8. The maximum absolute atomic E-state index is 12.1. The van der Waals surface area contributed by atoms with Gasteiger partial charge in [-0.3, -0.25) is 9.52 Å². The van der Waals surface area contributed by atoms with Crippen LogP contribution in [0.4, 0.5) is 5.69 Å². The number of hydrogen-bond donors (Lipinski definition) is 2. The van der Waals surface area contributed by atoms with Crippen LogP contribution in [-0.2, 0) is 14.8 Å². The Hall–Kier alpha value is -2.74. The van der Waals surface area contributed by atoms with Crippen molar-refractivity contribution in [1.29, 1.82) is 0 Å². The van der Waals surface area contributed by atoms with Crippen LogP contribution in [0.5, 0.6) is 11.5 Å². The summed E-state index contributed by atoms with van der Waals surface area (Å²) in [5.74, 6) is 0.945. The minimum atomic E-state index is -3.51. The first-order valence-corrected chi connectivity index (χ1v) is 9.75. The molecule has 0 saturated carbocycles. The number of para-hydroxylation sites is 1. The van der Waals surface area contributed by atoms with Crippen molar-refractivity contribution in [3.63, 3.8) is 0 Å². The average Bonchev–Trinajstić information content (AvgIpc) is 2.60. The molecule has 0 spiro atoms. The maximum atomic E-state index is 12.1. The lowest BCUT2D eigenvalue weighted by molar-refractivity contribution is -0.119. The highest BCUT2D eigenvalue weighted by Crippen LogP contribution is 2.17. The number of nitrogens with one attached hydrogen (secondary N) is 2. The molecule has 0 bridgehead atoms. The third-order valence-corrected chi connectivity index (χ3v) is 4.49. The highest BCUT2D eigenvalue weighted by Gasteiger charge is 2.11. The number of anilines is 1. The fraction of sp³-hybridized carbons (Fsp3) is 0.278. The molecule has 0 aliphatic heterocycles. The third-order valence-electron chi connectivity index (χ3n) is 3.24. The van der Waals surface area contributed by atoms with Crippen molar-refractivity contribution in [2.45, 2.75) is 6.92 Å². The van der Waals surface area contributed by atoms with E-state index in [-0.39, 0.29) is 18.3 Å². The summed E-state index contributed by atoms with van der Waals surface area (Å²) in [6.45, 7) is 2.24. The molecular formula is C18H22N2O5S. The minimum Gasteiger partial charge on any atom is -0.492 e. The molecule has 0 aliphatic carbocycles. The van der Waals surface area contributed by atoms with E-state index < -0.39 is 10.0 Å². The molecule has 8 heteroatoms. The Bertz CT molecular complexity index is 792. The van der Waals surface area contributed by atoms with E-state index in [1.807, 2.05) is 18.2 Å². The van der Waals surface area contributed by atoms with Gasteiger partial charge in [-0.25, -0.2) is 8.42 Å². The predicted molar refractivity (Wildman–Crippen MR) is 100.0 cm³/mol. The monoisotopic (exact) mass is 378 g/mol. The van der Waals surface area contributed by atoms with Gasteiger partial charge in [-0.15, -0.1) is 0 Å². The molecule has 2 N–H and O–H groups in total. The summed E-state index contributed by atoms with van der Waals surface area (Å²) in [7, 11) is -3.51. The zero-order valence-electron chi connectivity index (χ0n) is 14.5. The molecular weight excluding hydrogens is 356 g/mol. The summed E-state index contributed by atoms with van der Waals surface area (Å²) in [6, 6.07) is 15.6. The first kappa shape index (κ1) is 19.6. The van der Waals surface area contributed by atoms with Gasteiger partial charge in [0.1, 0.15) is 30.5 Å². The molecule has 0 aliphatic rings. The number of ether oxygens (including phenoxy) is 2. The molecule has 0 aromatic heterocycles. The van der Waals surface area contributed by atoms with Crippen LogP contribution in [0.2, 0.25) is 0 Å². The number of hydrogen-bond acceptors (Lipinski definition) is 5. The van der Waals surface area contributed by atoms with Gasteiger partial charge in [0, 0.05) is 12.6 Å². The molecule has 7 nitrogen and oxygen atoms in total. The van der Waals surface area contributed by atoms with Crippen molar-refractivity contribution in [3.05, 3.63) is 54.6 Å². The topological polar surface area (TPSA) is 93.7 Å². The zero-order chi connectivity index (χ0) is 18.8. The van der Waals surface area contributed by atoms with E-state index in [4.69, 9.17) is 9.47 Å². The Balaban J connectivity index is 1.76. The van der Waals surface area contributed by atoms with Gasteiger partial charge in [0.25, 0.3) is 0 Å². The molecule has 0 saturated heterocycles. The summed E-state index contributed by atoms with van der Waals surface area (Å²) in [6.07, 6.45) is 0. The highest BCUT2D eigenvalue weighted by atomic mass is 32.2. The van der Waals surface area contributed by atoms with Crippen LogP contribution in [0.1, 0.15) is 6.92 Å². The first-order valence-electron chi connectivity index (χ1n) is 8.10. The first-order chi connectivity index (χ1) is 12.4. The number of benzene rings is 2. The lowest BCUT2D eigenvalue weighted by atomic mass is 10.3. The molecule has 0 radical (unpaired) electrons. The number of carbonyl (C=O) groups is 1. The van der Waals surface area contributed by atoms with Crippen molar-refractivity contribution in [2.24, 2.45) is 0 Å². The van der Waals surface area contributed by atoms with Crippen LogP contribution in [0.25, 0.3) is 0 Å². The zero-order valence-corrected chi connectivity index (χ0v) is 15.3. The van der Waals surface area contributed by atoms with Gasteiger partial charge in [0.2, 0.25) is 15.9 Å². The second kappa shape index (κ2) is 9.67. The average molecular weight is 378 g/mol. The second-order valence-electron chi connectivity index (χ2n) is 5.44. The smallest absolute Gasteiger partial charge is 0.236 e. The summed E-state index contributed by atoms with van der Waals surface area (Å²) in [5, 5.41) is 2.62. The molecule has 0 fully saturated rings. The molecule has 0 atom stereocenters. The van der Waals surface area contributed by atoms with Crippen molar-refractivity contribution < 1.29 is 22.7 Å². The summed E-state index contributed by atoms with van der Waals surface area (Å²) < 4.78 is 37.5. The van der Waals surface area contributed by atoms with Gasteiger partial charge in [0.05, 0.1) is 6.54 Å². The lowest BCUT2D eigenvalue weighted by Gasteiger charge is -2.10. The summed E-state index contributed by atoms with van der Waals surface area (Å²) in [4.78, 5) is 10.7. The van der Waals surface area contributed by atoms with Gasteiger partial charge in [-0.05, 0) is 36.4 Å². The highest BCUT2D eigenvalue weighted by molar-refractivity contribution is 7.92. The lowest BCUT2D eigenvalue weighted by Crippen LogP contribution is -2.25. The fourth-order valence-electron chi connectivity index (χ4n) is 2.03. The summed E-state index contributed by atoms with van der Waals surface area (Å²) in [5.41, 5.74) is 0.443. The van der Waals surface area contributed by atoms with E-state index in [2.05, 4.69) is 10.0 Å². The van der Waals surface area contributed by atoms with Crippen molar-refractivity contribution in [2.75, 3.05) is 30.2 Å². The Morgan fingerprint density at radius 3 is 2.19 bits per heavy atom. The van der Waals surface area contributed by atoms with E-state index in [1.165, 1.54) is 6.92 Å². The molecule has 2 aromatic carbocycles. The van der Waals surface area contributed by atoms with Gasteiger partial charge >= 0.3 is 0 Å². The number of sulfonamides is 1. The van der Waals surface area contributed by atoms with Gasteiger partial charge in [-0.2, -0.15) is 0 Å². The van der Waals surface area contributed by atoms with Crippen molar-refractivity contribution in [1.82, 2.24) is 5.32 Å². The Morgan fingerprint density at radius 2 is 1.54 bits per heavy atom. The van der Waals surface area contributed by atoms with E-state index in [0.29, 0.717) is 30.3 Å².